The van der Waals surface area contributed by atoms with Gasteiger partial charge in [-0.05, 0) is 39.7 Å². The molecular weight excluding hydrogens is 334 g/mol. The zero-order valence-corrected chi connectivity index (χ0v) is 12.6. The minimum absolute atomic E-state index is 0.0227. The third-order valence-electron chi connectivity index (χ3n) is 3.26. The fourth-order valence-corrected chi connectivity index (χ4v) is 2.68. The zero-order chi connectivity index (χ0) is 14.8. The summed E-state index contributed by atoms with van der Waals surface area (Å²) in [5.41, 5.74) is 2.12. The van der Waals surface area contributed by atoms with Crippen LogP contribution in [-0.4, -0.2) is 28.2 Å². The van der Waals surface area contributed by atoms with Gasteiger partial charge in [0.15, 0.2) is 0 Å². The lowest BCUT2D eigenvalue weighted by atomic mass is 10.1. The first kappa shape index (κ1) is 13.8. The lowest BCUT2D eigenvalue weighted by Gasteiger charge is -2.20. The second kappa shape index (κ2) is 5.65. The Labute approximate surface area is 130 Å². The van der Waals surface area contributed by atoms with Gasteiger partial charge in [-0.25, -0.2) is 4.98 Å². The average Bonchev–Trinajstić information content (AvgIpc) is 2.65. The highest BCUT2D eigenvalue weighted by Gasteiger charge is 2.25. The predicted octanol–water partition coefficient (Wildman–Crippen LogP) is 2.44. The summed E-state index contributed by atoms with van der Waals surface area (Å²) in [6.45, 7) is 0.407. The van der Waals surface area contributed by atoms with Gasteiger partial charge in [0, 0.05) is 18.4 Å². The van der Waals surface area contributed by atoms with Gasteiger partial charge in [-0.2, -0.15) is 0 Å². The van der Waals surface area contributed by atoms with Crippen LogP contribution in [0.25, 0.3) is 0 Å². The van der Waals surface area contributed by atoms with E-state index < -0.39 is 0 Å². The van der Waals surface area contributed by atoms with Gasteiger partial charge < -0.3 is 10.2 Å². The van der Waals surface area contributed by atoms with Crippen LogP contribution in [0.2, 0.25) is 0 Å². The van der Waals surface area contributed by atoms with Gasteiger partial charge in [0.2, 0.25) is 5.91 Å². The molecule has 0 unspecified atom stereocenters. The van der Waals surface area contributed by atoms with Crippen LogP contribution >= 0.6 is 15.9 Å². The van der Waals surface area contributed by atoms with Crippen LogP contribution < -0.4 is 5.32 Å². The van der Waals surface area contributed by atoms with Crippen LogP contribution in [0.15, 0.2) is 47.2 Å². The van der Waals surface area contributed by atoms with Crippen molar-refractivity contribution in [2.24, 2.45) is 0 Å². The Morgan fingerprint density at radius 1 is 1.19 bits per heavy atom. The molecule has 21 heavy (non-hydrogen) atoms. The quantitative estimate of drug-likeness (QED) is 0.807. The largest absolute Gasteiger partial charge is 0.325 e. The number of hydrogen-bond acceptors (Lipinski definition) is 3. The zero-order valence-electron chi connectivity index (χ0n) is 11.0. The van der Waals surface area contributed by atoms with Gasteiger partial charge in [0.1, 0.15) is 11.1 Å². The van der Waals surface area contributed by atoms with Crippen molar-refractivity contribution >= 4 is 33.4 Å². The summed E-state index contributed by atoms with van der Waals surface area (Å²) in [5.74, 6) is -0.421. The van der Waals surface area contributed by atoms with E-state index in [0.717, 1.165) is 11.3 Å². The first-order chi connectivity index (χ1) is 10.1. The molecule has 1 aliphatic heterocycles. The molecule has 2 amide bonds. The predicted molar refractivity (Wildman–Crippen MR) is 81.7 cm³/mol. The van der Waals surface area contributed by atoms with Crippen molar-refractivity contribution in [3.05, 3.63) is 58.3 Å². The molecule has 0 saturated heterocycles. The molecule has 5 nitrogen and oxygen atoms in total. The summed E-state index contributed by atoms with van der Waals surface area (Å²) >= 11 is 3.27. The van der Waals surface area contributed by atoms with Crippen LogP contribution in [0.3, 0.4) is 0 Å². The van der Waals surface area contributed by atoms with Crippen molar-refractivity contribution in [2.75, 3.05) is 11.9 Å². The van der Waals surface area contributed by atoms with E-state index >= 15 is 0 Å². The third kappa shape index (κ3) is 2.80. The molecule has 0 bridgehead atoms. The van der Waals surface area contributed by atoms with E-state index in [4.69, 9.17) is 0 Å². The molecule has 1 aliphatic rings. The lowest BCUT2D eigenvalue weighted by Crippen LogP contribution is -2.35. The molecule has 0 fully saturated rings. The maximum Gasteiger partial charge on any atom is 0.257 e. The number of fused-ring (bicyclic) bond motifs is 1. The number of benzene rings is 1. The number of amides is 2. The normalized spacial score (nSPS) is 14.1. The number of nitrogens with zero attached hydrogens (tertiary/aromatic N) is 2. The van der Waals surface area contributed by atoms with Gasteiger partial charge in [-0.15, -0.1) is 0 Å². The van der Waals surface area contributed by atoms with E-state index in [1.807, 2.05) is 24.3 Å². The summed E-state index contributed by atoms with van der Waals surface area (Å²) in [7, 11) is 0. The molecule has 0 saturated carbocycles. The summed E-state index contributed by atoms with van der Waals surface area (Å²) in [4.78, 5) is 30.1. The smallest absolute Gasteiger partial charge is 0.257 e. The van der Waals surface area contributed by atoms with Crippen LogP contribution in [0.5, 0.6) is 0 Å². The van der Waals surface area contributed by atoms with E-state index in [-0.39, 0.29) is 18.4 Å². The Bertz CT molecular complexity index is 718. The molecule has 1 N–H and O–H groups in total. The van der Waals surface area contributed by atoms with E-state index in [0.29, 0.717) is 16.7 Å². The average molecular weight is 346 g/mol. The highest BCUT2D eigenvalue weighted by atomic mass is 79.9. The number of nitrogens with one attached hydrogen (secondary N) is 1. The molecule has 1 aromatic heterocycles. The molecule has 6 heteroatoms. The van der Waals surface area contributed by atoms with Crippen LogP contribution in [0.4, 0.5) is 5.69 Å². The molecular formula is C15H12BrN3O2. The molecule has 0 spiro atoms. The van der Waals surface area contributed by atoms with Crippen molar-refractivity contribution in [3.63, 3.8) is 0 Å². The molecule has 3 rings (SSSR count). The van der Waals surface area contributed by atoms with Crippen LogP contribution in [0.1, 0.15) is 15.9 Å². The summed E-state index contributed by atoms with van der Waals surface area (Å²) in [6, 6.07) is 10.9. The van der Waals surface area contributed by atoms with Gasteiger partial charge >= 0.3 is 0 Å². The number of halogens is 1. The van der Waals surface area contributed by atoms with Gasteiger partial charge in [0.25, 0.3) is 5.91 Å². The maximum absolute atomic E-state index is 12.6. The summed E-state index contributed by atoms with van der Waals surface area (Å²) in [5, 5.41) is 2.81. The first-order valence-corrected chi connectivity index (χ1v) is 7.22. The molecule has 0 aliphatic carbocycles. The van der Waals surface area contributed by atoms with Crippen molar-refractivity contribution < 1.29 is 9.59 Å². The van der Waals surface area contributed by atoms with Crippen molar-refractivity contribution in [3.8, 4) is 0 Å². The van der Waals surface area contributed by atoms with E-state index in [9.17, 15) is 9.59 Å². The molecule has 0 atom stereocenters. The van der Waals surface area contributed by atoms with E-state index in [1.54, 1.807) is 18.3 Å². The summed E-state index contributed by atoms with van der Waals surface area (Å²) in [6.07, 6.45) is 1.60. The minimum Gasteiger partial charge on any atom is -0.325 e. The number of para-hydroxylation sites is 1. The van der Waals surface area contributed by atoms with Crippen LogP contribution in [-0.2, 0) is 11.3 Å². The Balaban J connectivity index is 1.94. The second-order valence-electron chi connectivity index (χ2n) is 4.71. The lowest BCUT2D eigenvalue weighted by molar-refractivity contribution is -0.116. The number of carbonyl (C=O) groups excluding carboxylic acids is 2. The maximum atomic E-state index is 12.6. The number of pyridine rings is 1. The number of aromatic nitrogens is 1. The summed E-state index contributed by atoms with van der Waals surface area (Å²) < 4.78 is 0.480. The highest BCUT2D eigenvalue weighted by Crippen LogP contribution is 2.23. The Hall–Kier alpha value is -2.21. The van der Waals surface area contributed by atoms with Crippen molar-refractivity contribution in [1.29, 1.82) is 0 Å². The van der Waals surface area contributed by atoms with E-state index in [2.05, 4.69) is 26.2 Å². The fraction of sp³-hybridized carbons (Fsp3) is 0.133. The Morgan fingerprint density at radius 2 is 2.00 bits per heavy atom. The van der Waals surface area contributed by atoms with Crippen molar-refractivity contribution in [1.82, 2.24) is 9.88 Å². The van der Waals surface area contributed by atoms with Gasteiger partial charge in [-0.1, -0.05) is 18.2 Å². The topological polar surface area (TPSA) is 62.3 Å². The monoisotopic (exact) mass is 345 g/mol. The third-order valence-corrected chi connectivity index (χ3v) is 3.90. The molecule has 2 heterocycles. The Kier molecular flexibility index (Phi) is 3.70. The standard InChI is InChI=1S/C15H12BrN3O2/c16-14-11(5-3-7-17-14)15(21)19-8-10-4-1-2-6-12(10)18-13(20)9-19/h1-7H,8-9H2,(H,18,20). The van der Waals surface area contributed by atoms with Crippen LogP contribution in [0, 0.1) is 0 Å². The minimum atomic E-state index is -0.221. The first-order valence-electron chi connectivity index (χ1n) is 6.42. The fourth-order valence-electron chi connectivity index (χ4n) is 2.26. The van der Waals surface area contributed by atoms with Gasteiger partial charge in [0.05, 0.1) is 5.56 Å². The van der Waals surface area contributed by atoms with E-state index in [1.165, 1.54) is 4.90 Å². The van der Waals surface area contributed by atoms with Gasteiger partial charge in [-0.3, -0.25) is 9.59 Å². The SMILES string of the molecule is O=C1CN(C(=O)c2cccnc2Br)Cc2ccccc2N1. The molecule has 2 aromatic rings. The van der Waals surface area contributed by atoms with Crippen molar-refractivity contribution in [2.45, 2.75) is 6.54 Å². The highest BCUT2D eigenvalue weighted by molar-refractivity contribution is 9.10. The number of carbonyl (C=O) groups is 2. The number of anilines is 1. The molecule has 106 valence electrons. The number of rotatable bonds is 1. The Morgan fingerprint density at radius 3 is 2.81 bits per heavy atom. The molecule has 1 aromatic carbocycles. The number of hydrogen-bond donors (Lipinski definition) is 1. The molecule has 0 radical (unpaired) electrons. The second-order valence-corrected chi connectivity index (χ2v) is 5.46.